The lowest BCUT2D eigenvalue weighted by molar-refractivity contribution is -0.511. The fraction of sp³-hybridized carbons (Fsp3) is 0.929. The van der Waals surface area contributed by atoms with Gasteiger partial charge in [-0.3, -0.25) is 4.79 Å². The van der Waals surface area contributed by atoms with Crippen molar-refractivity contribution in [1.82, 2.24) is 10.6 Å². The Morgan fingerprint density at radius 3 is 2.38 bits per heavy atom. The van der Waals surface area contributed by atoms with Gasteiger partial charge in [-0.25, -0.2) is 9.78 Å². The zero-order chi connectivity index (χ0) is 15.2. The smallest absolute Gasteiger partial charge is 0.220 e. The van der Waals surface area contributed by atoms with Crippen molar-refractivity contribution in [2.24, 2.45) is 11.7 Å². The first-order valence-electron chi connectivity index (χ1n) is 7.92. The Labute approximate surface area is 126 Å². The first-order valence-corrected chi connectivity index (χ1v) is 7.92. The second kappa shape index (κ2) is 13.0. The summed E-state index contributed by atoms with van der Waals surface area (Å²) < 4.78 is 0. The lowest BCUT2D eigenvalue weighted by Gasteiger charge is -2.14. The van der Waals surface area contributed by atoms with E-state index in [2.05, 4.69) is 15.7 Å². The van der Waals surface area contributed by atoms with E-state index >= 15 is 0 Å². The molecule has 0 bridgehead atoms. The van der Waals surface area contributed by atoms with E-state index in [-0.39, 0.29) is 11.8 Å². The second-order valence-electron chi connectivity index (χ2n) is 5.30. The number of primary amides is 1. The van der Waals surface area contributed by atoms with Crippen LogP contribution in [0.2, 0.25) is 0 Å². The van der Waals surface area contributed by atoms with E-state index in [9.17, 15) is 4.79 Å². The Hall–Kier alpha value is -0.730. The molecule has 7 heteroatoms. The number of hydrogen-bond donors (Lipinski definition) is 3. The van der Waals surface area contributed by atoms with Crippen LogP contribution in [0.25, 0.3) is 0 Å². The summed E-state index contributed by atoms with van der Waals surface area (Å²) in [6, 6.07) is 0. The third kappa shape index (κ3) is 10.6. The van der Waals surface area contributed by atoms with Gasteiger partial charge >= 0.3 is 0 Å². The van der Waals surface area contributed by atoms with Crippen LogP contribution in [0.1, 0.15) is 38.5 Å². The Kier molecular flexibility index (Phi) is 11.3. The summed E-state index contributed by atoms with van der Waals surface area (Å²) in [6.45, 7) is 4.34. The molecule has 1 heterocycles. The zero-order valence-corrected chi connectivity index (χ0v) is 12.8. The topological polar surface area (TPSA) is 94.8 Å². The van der Waals surface area contributed by atoms with Gasteiger partial charge in [0.15, 0.2) is 0 Å². The summed E-state index contributed by atoms with van der Waals surface area (Å²) in [7, 11) is 0. The van der Waals surface area contributed by atoms with E-state index in [1.165, 1.54) is 0 Å². The highest BCUT2D eigenvalue weighted by Gasteiger charge is 2.14. The molecule has 21 heavy (non-hydrogen) atoms. The van der Waals surface area contributed by atoms with Crippen molar-refractivity contribution in [3.05, 3.63) is 0 Å². The fourth-order valence-corrected chi connectivity index (χ4v) is 2.27. The zero-order valence-electron chi connectivity index (χ0n) is 12.8. The molecule has 4 N–H and O–H groups in total. The van der Waals surface area contributed by atoms with Crippen molar-refractivity contribution in [1.29, 1.82) is 0 Å². The van der Waals surface area contributed by atoms with Crippen LogP contribution < -0.4 is 16.4 Å². The molecule has 0 aromatic carbocycles. The molecule has 1 fully saturated rings. The normalized spacial score (nSPS) is 25.6. The average molecular weight is 303 g/mol. The van der Waals surface area contributed by atoms with Crippen LogP contribution in [-0.4, -0.2) is 45.3 Å². The Morgan fingerprint density at radius 2 is 1.57 bits per heavy atom. The average Bonchev–Trinajstić information content (AvgIpc) is 2.47. The van der Waals surface area contributed by atoms with Crippen LogP contribution in [-0.2, 0) is 19.6 Å². The summed E-state index contributed by atoms with van der Waals surface area (Å²) in [5.41, 5.74) is 5.46. The predicted molar refractivity (Wildman–Crippen MR) is 79.1 cm³/mol. The van der Waals surface area contributed by atoms with Gasteiger partial charge in [-0.15, -0.1) is 0 Å². The third-order valence-corrected chi connectivity index (χ3v) is 3.53. The van der Waals surface area contributed by atoms with Gasteiger partial charge in [0.25, 0.3) is 0 Å². The van der Waals surface area contributed by atoms with Crippen molar-refractivity contribution in [2.75, 3.05) is 39.4 Å². The largest absolute Gasteiger partial charge is 0.369 e. The molecule has 0 spiro atoms. The second-order valence-corrected chi connectivity index (χ2v) is 5.30. The molecule has 0 radical (unpaired) electrons. The van der Waals surface area contributed by atoms with Crippen molar-refractivity contribution in [2.45, 2.75) is 38.5 Å². The number of carbonyl (C=O) groups is 1. The highest BCUT2D eigenvalue weighted by atomic mass is 17.5. The highest BCUT2D eigenvalue weighted by Crippen LogP contribution is 2.15. The number of carbonyl (C=O) groups excluding carboxylic acids is 1. The third-order valence-electron chi connectivity index (χ3n) is 3.53. The van der Waals surface area contributed by atoms with Gasteiger partial charge in [0.2, 0.25) is 5.91 Å². The van der Waals surface area contributed by atoms with Crippen LogP contribution in [0, 0.1) is 5.92 Å². The van der Waals surface area contributed by atoms with Crippen molar-refractivity contribution in [3.8, 4) is 0 Å². The molecule has 1 aliphatic rings. The molecule has 1 unspecified atom stereocenters. The molecule has 0 aliphatic carbocycles. The Balaban J connectivity index is 2.23. The van der Waals surface area contributed by atoms with Gasteiger partial charge < -0.3 is 16.4 Å². The summed E-state index contributed by atoms with van der Waals surface area (Å²) in [4.78, 5) is 21.2. The van der Waals surface area contributed by atoms with Gasteiger partial charge in [0, 0.05) is 25.6 Å². The number of nitrogens with two attached hydrogens (primary N) is 1. The lowest BCUT2D eigenvalue weighted by Crippen LogP contribution is -2.30. The maximum Gasteiger partial charge on any atom is 0.220 e. The molecule has 1 saturated heterocycles. The molecule has 7 nitrogen and oxygen atoms in total. The minimum absolute atomic E-state index is 0.00990. The standard InChI is InChI=1S/C14H29N3O4/c15-14(18)13-5-2-1-3-11-19-21-20-12-10-17-9-8-16-7-4-6-13/h13,16-17H,1-12H2,(H2,15,18). The first-order chi connectivity index (χ1) is 10.3. The maximum absolute atomic E-state index is 11.4. The van der Waals surface area contributed by atoms with E-state index in [0.29, 0.717) is 13.2 Å². The van der Waals surface area contributed by atoms with Gasteiger partial charge in [0.1, 0.15) is 0 Å². The molecule has 0 saturated carbocycles. The van der Waals surface area contributed by atoms with Gasteiger partial charge in [-0.2, -0.15) is 0 Å². The molecule has 1 rings (SSSR count). The Bertz CT molecular complexity index is 249. The number of rotatable bonds is 1. The molecule has 1 amide bonds. The predicted octanol–water partition coefficient (Wildman–Crippen LogP) is 0.501. The minimum Gasteiger partial charge on any atom is -0.369 e. The van der Waals surface area contributed by atoms with E-state index in [0.717, 1.165) is 64.7 Å². The first kappa shape index (κ1) is 18.3. The van der Waals surface area contributed by atoms with Crippen molar-refractivity contribution in [3.63, 3.8) is 0 Å². The van der Waals surface area contributed by atoms with E-state index < -0.39 is 0 Å². The Morgan fingerprint density at radius 1 is 0.857 bits per heavy atom. The number of nitrogens with one attached hydrogen (secondary N) is 2. The summed E-state index contributed by atoms with van der Waals surface area (Å²) >= 11 is 0. The van der Waals surface area contributed by atoms with Crippen LogP contribution >= 0.6 is 0 Å². The van der Waals surface area contributed by atoms with Gasteiger partial charge in [0.05, 0.1) is 13.2 Å². The van der Waals surface area contributed by atoms with Crippen LogP contribution in [0.5, 0.6) is 0 Å². The van der Waals surface area contributed by atoms with Crippen LogP contribution in [0.4, 0.5) is 0 Å². The number of amides is 1. The molecular weight excluding hydrogens is 274 g/mol. The van der Waals surface area contributed by atoms with Crippen molar-refractivity contribution >= 4 is 5.91 Å². The van der Waals surface area contributed by atoms with Crippen LogP contribution in [0.3, 0.4) is 0 Å². The number of hydrogen-bond acceptors (Lipinski definition) is 6. The molecular formula is C14H29N3O4. The van der Waals surface area contributed by atoms with E-state index in [1.807, 2.05) is 0 Å². The lowest BCUT2D eigenvalue weighted by atomic mass is 9.95. The summed E-state index contributed by atoms with van der Waals surface area (Å²) in [5, 5.41) is 11.2. The van der Waals surface area contributed by atoms with Gasteiger partial charge in [-0.1, -0.05) is 17.9 Å². The van der Waals surface area contributed by atoms with E-state index in [4.69, 9.17) is 15.5 Å². The molecule has 0 aromatic rings. The van der Waals surface area contributed by atoms with Gasteiger partial charge in [-0.05, 0) is 32.2 Å². The quantitative estimate of drug-likeness (QED) is 0.611. The summed E-state index contributed by atoms with van der Waals surface area (Å²) in [5.74, 6) is -0.191. The monoisotopic (exact) mass is 303 g/mol. The molecule has 0 aromatic heterocycles. The minimum atomic E-state index is -0.181. The molecule has 1 atom stereocenters. The van der Waals surface area contributed by atoms with Crippen LogP contribution in [0.15, 0.2) is 0 Å². The highest BCUT2D eigenvalue weighted by molar-refractivity contribution is 5.76. The summed E-state index contributed by atoms with van der Waals surface area (Å²) in [6.07, 6.45) is 5.56. The SMILES string of the molecule is NC(=O)C1CCCCCOOOCCNCCNCCC1. The van der Waals surface area contributed by atoms with Crippen molar-refractivity contribution < 1.29 is 19.6 Å². The fourth-order valence-electron chi connectivity index (χ4n) is 2.27. The molecule has 1 aliphatic heterocycles. The molecule has 124 valence electrons. The maximum atomic E-state index is 11.4. The van der Waals surface area contributed by atoms with E-state index in [1.54, 1.807) is 0 Å².